The van der Waals surface area contributed by atoms with E-state index in [1.165, 1.54) is 0 Å². The molecule has 5 rings (SSSR count). The van der Waals surface area contributed by atoms with Gasteiger partial charge in [0.15, 0.2) is 5.11 Å². The van der Waals surface area contributed by atoms with Crippen molar-refractivity contribution in [1.29, 1.82) is 0 Å². The molecule has 0 aromatic carbocycles. The van der Waals surface area contributed by atoms with Crippen LogP contribution in [0.3, 0.4) is 0 Å². The highest BCUT2D eigenvalue weighted by Crippen LogP contribution is 2.50. The maximum Gasteiger partial charge on any atom is 0.417 e. The first-order valence-corrected chi connectivity index (χ1v) is 12.8. The summed E-state index contributed by atoms with van der Waals surface area (Å²) in [5.74, 6) is 0.0137. The summed E-state index contributed by atoms with van der Waals surface area (Å²) in [5.41, 5.74) is 5.54. The van der Waals surface area contributed by atoms with Gasteiger partial charge >= 0.3 is 6.18 Å². The van der Waals surface area contributed by atoms with E-state index in [4.69, 9.17) is 27.4 Å². The predicted octanol–water partition coefficient (Wildman–Crippen LogP) is 1.70. The zero-order valence-electron chi connectivity index (χ0n) is 20.2. The van der Waals surface area contributed by atoms with E-state index in [2.05, 4.69) is 10.3 Å². The number of nitrogens with two attached hydrogens (primary N) is 1. The Balaban J connectivity index is 1.36. The zero-order chi connectivity index (χ0) is 25.7. The molecule has 3 fully saturated rings. The molecule has 36 heavy (non-hydrogen) atoms. The number of carbonyl (C=O) groups excluding carboxylic acids is 1. The number of aromatic nitrogens is 1. The number of halogens is 3. The third-order valence-corrected chi connectivity index (χ3v) is 8.58. The maximum absolute atomic E-state index is 14.1. The molecule has 2 saturated heterocycles. The molecule has 4 aliphatic rings. The summed E-state index contributed by atoms with van der Waals surface area (Å²) in [7, 11) is 1.68. The largest absolute Gasteiger partial charge is 0.417 e. The Morgan fingerprint density at radius 2 is 2.19 bits per heavy atom. The number of hydrogen-bond acceptors (Lipinski definition) is 6. The number of pyridine rings is 1. The summed E-state index contributed by atoms with van der Waals surface area (Å²) in [6.07, 6.45) is -0.979. The first-order valence-electron chi connectivity index (χ1n) is 12.4. The van der Waals surface area contributed by atoms with Crippen molar-refractivity contribution in [2.45, 2.75) is 56.6 Å². The number of amides is 1. The lowest BCUT2D eigenvalue weighted by Gasteiger charge is -2.37. The van der Waals surface area contributed by atoms with Crippen LogP contribution in [0.15, 0.2) is 12.3 Å². The molecule has 3 N–H and O–H groups in total. The van der Waals surface area contributed by atoms with Crippen LogP contribution in [0.4, 0.5) is 13.2 Å². The van der Waals surface area contributed by atoms with Crippen molar-refractivity contribution in [3.63, 3.8) is 0 Å². The predicted molar refractivity (Wildman–Crippen MR) is 129 cm³/mol. The Kier molecular flexibility index (Phi) is 6.90. The number of likely N-dealkylation sites (tertiary alicyclic amines) is 1. The van der Waals surface area contributed by atoms with E-state index >= 15 is 0 Å². The summed E-state index contributed by atoms with van der Waals surface area (Å²) in [4.78, 5) is 21.8. The van der Waals surface area contributed by atoms with Gasteiger partial charge in [-0.2, -0.15) is 13.2 Å². The van der Waals surface area contributed by atoms with Gasteiger partial charge in [0, 0.05) is 70.3 Å². The van der Waals surface area contributed by atoms with E-state index in [0.717, 1.165) is 25.1 Å². The highest BCUT2D eigenvalue weighted by molar-refractivity contribution is 7.80. The van der Waals surface area contributed by atoms with Crippen molar-refractivity contribution < 1.29 is 27.4 Å². The molecular weight excluding hydrogens is 495 g/mol. The standard InChI is InChI=1S/C24H32F3N5O3S/c1-34-20-12-35-5-3-19(20)30-17-7-16-11-32(22(28)36)13-23(16,8-17)21(33)31-4-2-18-14(10-31)6-15(9-29-18)24(25,26)27/h6,9,16-17,19-20,30H,2-5,7-8,10-13H2,1H3,(H2,28,36). The smallest absolute Gasteiger partial charge is 0.379 e. The summed E-state index contributed by atoms with van der Waals surface area (Å²) >= 11 is 5.24. The fourth-order valence-electron chi connectivity index (χ4n) is 6.50. The Morgan fingerprint density at radius 1 is 1.39 bits per heavy atom. The van der Waals surface area contributed by atoms with E-state index in [1.54, 1.807) is 12.0 Å². The SMILES string of the molecule is COC1COCCC1NC1CC2CN(C(N)=S)CC2(C(=O)N2CCc3ncc(C(F)(F)F)cc3C2)C1. The van der Waals surface area contributed by atoms with Crippen molar-refractivity contribution >= 4 is 23.2 Å². The fourth-order valence-corrected chi connectivity index (χ4v) is 6.64. The molecule has 1 aromatic rings. The summed E-state index contributed by atoms with van der Waals surface area (Å²) in [6, 6.07) is 1.38. The molecule has 3 aliphatic heterocycles. The Labute approximate surface area is 213 Å². The quantitative estimate of drug-likeness (QED) is 0.572. The first-order chi connectivity index (χ1) is 17.1. The monoisotopic (exact) mass is 527 g/mol. The molecule has 1 saturated carbocycles. The van der Waals surface area contributed by atoms with E-state index in [9.17, 15) is 18.0 Å². The van der Waals surface area contributed by atoms with Crippen molar-refractivity contribution in [1.82, 2.24) is 20.1 Å². The molecule has 0 radical (unpaired) electrons. The van der Waals surface area contributed by atoms with Gasteiger partial charge in [0.1, 0.15) is 0 Å². The molecule has 1 amide bonds. The van der Waals surface area contributed by atoms with Crippen molar-refractivity contribution in [2.75, 3.05) is 40.0 Å². The van der Waals surface area contributed by atoms with Gasteiger partial charge in [0.25, 0.3) is 0 Å². The number of alkyl halides is 3. The minimum atomic E-state index is -4.48. The minimum absolute atomic E-state index is 0.0334. The molecule has 8 nitrogen and oxygen atoms in total. The Bertz CT molecular complexity index is 1030. The number of nitrogens with zero attached hydrogens (tertiary/aromatic N) is 3. The first kappa shape index (κ1) is 25.6. The number of rotatable bonds is 4. The van der Waals surface area contributed by atoms with Crippen LogP contribution in [0.2, 0.25) is 0 Å². The van der Waals surface area contributed by atoms with Crippen LogP contribution in [0.1, 0.15) is 36.1 Å². The normalized spacial score (nSPS) is 32.3. The molecule has 0 bridgehead atoms. The lowest BCUT2D eigenvalue weighted by Crippen LogP contribution is -2.52. The van der Waals surface area contributed by atoms with E-state index in [0.29, 0.717) is 56.9 Å². The van der Waals surface area contributed by atoms with Gasteiger partial charge < -0.3 is 30.3 Å². The molecule has 5 unspecified atom stereocenters. The topological polar surface area (TPSA) is 92.9 Å². The number of hydrogen-bond donors (Lipinski definition) is 2. The lowest BCUT2D eigenvalue weighted by atomic mass is 9.78. The molecule has 4 heterocycles. The second kappa shape index (κ2) is 9.70. The highest BCUT2D eigenvalue weighted by Gasteiger charge is 2.59. The average Bonchev–Trinajstić information content (AvgIpc) is 3.38. The number of carbonyl (C=O) groups is 1. The second-order valence-corrected chi connectivity index (χ2v) is 10.8. The van der Waals surface area contributed by atoms with Crippen molar-refractivity contribution in [3.8, 4) is 0 Å². The third kappa shape index (κ3) is 4.68. The van der Waals surface area contributed by atoms with Crippen molar-refractivity contribution in [2.24, 2.45) is 17.1 Å². The number of ether oxygens (including phenoxy) is 2. The third-order valence-electron chi connectivity index (χ3n) is 8.32. The van der Waals surface area contributed by atoms with Crippen LogP contribution in [0.5, 0.6) is 0 Å². The van der Waals surface area contributed by atoms with Gasteiger partial charge in [-0.1, -0.05) is 0 Å². The van der Waals surface area contributed by atoms with Crippen LogP contribution in [-0.2, 0) is 33.4 Å². The van der Waals surface area contributed by atoms with E-state index < -0.39 is 17.2 Å². The van der Waals surface area contributed by atoms with Crippen LogP contribution in [-0.4, -0.2) is 83.9 Å². The van der Waals surface area contributed by atoms with E-state index in [1.807, 2.05) is 4.90 Å². The van der Waals surface area contributed by atoms with Crippen LogP contribution in [0.25, 0.3) is 0 Å². The molecule has 5 atom stereocenters. The zero-order valence-corrected chi connectivity index (χ0v) is 21.0. The highest BCUT2D eigenvalue weighted by atomic mass is 32.1. The van der Waals surface area contributed by atoms with Gasteiger partial charge in [-0.05, 0) is 49.0 Å². The molecule has 1 aliphatic carbocycles. The van der Waals surface area contributed by atoms with Crippen LogP contribution >= 0.6 is 12.2 Å². The van der Waals surface area contributed by atoms with E-state index in [-0.39, 0.29) is 41.7 Å². The van der Waals surface area contributed by atoms with Gasteiger partial charge in [0.05, 0.1) is 23.7 Å². The van der Waals surface area contributed by atoms with Gasteiger partial charge in [0.2, 0.25) is 5.91 Å². The van der Waals surface area contributed by atoms with Gasteiger partial charge in [-0.15, -0.1) is 0 Å². The van der Waals surface area contributed by atoms with Crippen LogP contribution in [0, 0.1) is 11.3 Å². The average molecular weight is 528 g/mol. The lowest BCUT2D eigenvalue weighted by molar-refractivity contribution is -0.143. The Morgan fingerprint density at radius 3 is 2.92 bits per heavy atom. The number of methoxy groups -OCH3 is 1. The summed E-state index contributed by atoms with van der Waals surface area (Å²) < 4.78 is 50.9. The number of fused-ring (bicyclic) bond motifs is 2. The minimum Gasteiger partial charge on any atom is -0.379 e. The van der Waals surface area contributed by atoms with Gasteiger partial charge in [-0.3, -0.25) is 9.78 Å². The molecule has 12 heteroatoms. The number of nitrogens with one attached hydrogen (secondary N) is 1. The Hall–Kier alpha value is -2.02. The molecule has 0 spiro atoms. The molecular formula is C24H32F3N5O3S. The molecule has 198 valence electrons. The summed E-state index contributed by atoms with van der Waals surface area (Å²) in [6.45, 7) is 2.77. The van der Waals surface area contributed by atoms with Crippen LogP contribution < -0.4 is 11.1 Å². The number of thiocarbonyl (C=S) groups is 1. The van der Waals surface area contributed by atoms with Gasteiger partial charge in [-0.25, -0.2) is 0 Å². The van der Waals surface area contributed by atoms with Crippen molar-refractivity contribution in [3.05, 3.63) is 29.1 Å². The second-order valence-electron chi connectivity index (χ2n) is 10.4. The fraction of sp³-hybridized carbons (Fsp3) is 0.708. The summed E-state index contributed by atoms with van der Waals surface area (Å²) in [5, 5.41) is 3.99. The molecule has 1 aromatic heterocycles. The maximum atomic E-state index is 14.1.